The number of nitrogens with one attached hydrogen (secondary N) is 2. The minimum absolute atomic E-state index is 0.0187. The number of hydrogen-bond donors (Lipinski definition) is 2. The number of benzene rings is 1. The largest absolute Gasteiger partial charge is 0.433 e. The molecule has 0 radical (unpaired) electrons. The highest BCUT2D eigenvalue weighted by Gasteiger charge is 2.24. The van der Waals surface area contributed by atoms with Gasteiger partial charge in [-0.05, 0) is 24.6 Å². The molecule has 188 valence electrons. The Kier molecular flexibility index (Phi) is 8.32. The van der Waals surface area contributed by atoms with Gasteiger partial charge < -0.3 is 15.4 Å². The summed E-state index contributed by atoms with van der Waals surface area (Å²) in [5.74, 6) is -2.05. The smallest absolute Gasteiger partial charge is 0.394 e. The summed E-state index contributed by atoms with van der Waals surface area (Å²) in [5.41, 5.74) is 0.0136. The summed E-state index contributed by atoms with van der Waals surface area (Å²) in [6.07, 6.45) is -3.17. The Morgan fingerprint density at radius 2 is 2.00 bits per heavy atom. The standard InChI is InChI=1S/C20H21F4N7O3S/c1-20(23,24)34-13-4-5-14(22)11(7-13)8-26-18(33)19-29-28-16(35-19)6-3-12(21)9-31-10-15(27-30-31)17(32)25-2/h4-5,7,10,12H,3,6,8-9H2,1-2H3,(H,25,32)(H,26,33). The van der Waals surface area contributed by atoms with Gasteiger partial charge in [0.1, 0.15) is 22.7 Å². The van der Waals surface area contributed by atoms with E-state index < -0.39 is 29.9 Å². The first-order valence-corrected chi connectivity index (χ1v) is 11.1. The molecule has 1 aromatic carbocycles. The van der Waals surface area contributed by atoms with Gasteiger partial charge in [0.25, 0.3) is 11.8 Å². The Balaban J connectivity index is 1.49. The summed E-state index contributed by atoms with van der Waals surface area (Å²) in [4.78, 5) is 23.8. The first-order valence-electron chi connectivity index (χ1n) is 10.3. The first kappa shape index (κ1) is 26.0. The lowest BCUT2D eigenvalue weighted by atomic mass is 10.2. The molecule has 0 aliphatic heterocycles. The molecular formula is C20H21F4N7O3S. The van der Waals surface area contributed by atoms with Crippen molar-refractivity contribution in [3.63, 3.8) is 0 Å². The number of aromatic nitrogens is 5. The SMILES string of the molecule is CNC(=O)c1cn(CC(F)CCc2nnc(C(=O)NCc3cc(OC(C)(F)F)ccc3F)s2)nn1. The van der Waals surface area contributed by atoms with E-state index in [2.05, 4.69) is 35.9 Å². The minimum Gasteiger partial charge on any atom is -0.433 e. The zero-order valence-corrected chi connectivity index (χ0v) is 19.4. The van der Waals surface area contributed by atoms with Crippen molar-refractivity contribution in [2.24, 2.45) is 0 Å². The minimum atomic E-state index is -3.44. The van der Waals surface area contributed by atoms with Gasteiger partial charge in [-0.25, -0.2) is 13.5 Å². The molecule has 10 nitrogen and oxygen atoms in total. The number of carbonyl (C=O) groups excluding carboxylic acids is 2. The molecule has 3 rings (SSSR count). The van der Waals surface area contributed by atoms with Crippen molar-refractivity contribution in [2.75, 3.05) is 7.05 Å². The summed E-state index contributed by atoms with van der Waals surface area (Å²) in [7, 11) is 1.44. The predicted octanol–water partition coefficient (Wildman–Crippen LogP) is 2.52. The van der Waals surface area contributed by atoms with Crippen LogP contribution in [0.5, 0.6) is 5.75 Å². The Morgan fingerprint density at radius 1 is 1.23 bits per heavy atom. The number of aryl methyl sites for hydroxylation is 1. The van der Waals surface area contributed by atoms with Crippen LogP contribution in [0.4, 0.5) is 17.6 Å². The van der Waals surface area contributed by atoms with Gasteiger partial charge in [-0.15, -0.1) is 15.3 Å². The molecular weight excluding hydrogens is 494 g/mol. The van der Waals surface area contributed by atoms with Crippen LogP contribution >= 0.6 is 11.3 Å². The maximum absolute atomic E-state index is 14.3. The Hall–Kier alpha value is -3.62. The Labute approximate surface area is 200 Å². The fourth-order valence-electron chi connectivity index (χ4n) is 2.85. The lowest BCUT2D eigenvalue weighted by Crippen LogP contribution is -2.23. The zero-order chi connectivity index (χ0) is 25.6. The van der Waals surface area contributed by atoms with Gasteiger partial charge >= 0.3 is 6.11 Å². The van der Waals surface area contributed by atoms with Crippen molar-refractivity contribution >= 4 is 23.2 Å². The van der Waals surface area contributed by atoms with E-state index in [4.69, 9.17) is 0 Å². The molecule has 2 N–H and O–H groups in total. The lowest BCUT2D eigenvalue weighted by Gasteiger charge is -2.14. The van der Waals surface area contributed by atoms with Crippen molar-refractivity contribution in [3.05, 3.63) is 51.5 Å². The molecule has 2 aromatic heterocycles. The maximum Gasteiger partial charge on any atom is 0.394 e. The van der Waals surface area contributed by atoms with Gasteiger partial charge in [0, 0.05) is 32.5 Å². The van der Waals surface area contributed by atoms with Crippen molar-refractivity contribution in [2.45, 2.75) is 45.1 Å². The molecule has 1 unspecified atom stereocenters. The molecule has 0 saturated heterocycles. The number of halogens is 4. The van der Waals surface area contributed by atoms with Crippen LogP contribution in [-0.2, 0) is 19.5 Å². The molecule has 1 atom stereocenters. The van der Waals surface area contributed by atoms with Crippen LogP contribution in [0, 0.1) is 5.82 Å². The van der Waals surface area contributed by atoms with E-state index in [0.29, 0.717) is 11.9 Å². The van der Waals surface area contributed by atoms with Crippen molar-refractivity contribution < 1.29 is 31.9 Å². The molecule has 15 heteroatoms. The molecule has 2 heterocycles. The van der Waals surface area contributed by atoms with Crippen molar-refractivity contribution in [1.82, 2.24) is 35.8 Å². The van der Waals surface area contributed by atoms with Crippen LogP contribution in [0.3, 0.4) is 0 Å². The van der Waals surface area contributed by atoms with Crippen LogP contribution < -0.4 is 15.4 Å². The summed E-state index contributed by atoms with van der Waals surface area (Å²) in [5, 5.41) is 20.2. The van der Waals surface area contributed by atoms with E-state index in [1.54, 1.807) is 0 Å². The van der Waals surface area contributed by atoms with E-state index in [9.17, 15) is 27.2 Å². The predicted molar refractivity (Wildman–Crippen MR) is 115 cm³/mol. The number of nitrogens with zero attached hydrogens (tertiary/aromatic N) is 5. The van der Waals surface area contributed by atoms with Gasteiger partial charge in [0.2, 0.25) is 5.01 Å². The number of carbonyl (C=O) groups is 2. The first-order chi connectivity index (χ1) is 16.5. The zero-order valence-electron chi connectivity index (χ0n) is 18.6. The second kappa shape index (κ2) is 11.2. The fourth-order valence-corrected chi connectivity index (χ4v) is 3.62. The third-order valence-corrected chi connectivity index (χ3v) is 5.45. The molecule has 0 bridgehead atoms. The number of ether oxygens (including phenoxy) is 1. The molecule has 0 aliphatic carbocycles. The molecule has 35 heavy (non-hydrogen) atoms. The average molecular weight is 515 g/mol. The van der Waals surface area contributed by atoms with E-state index in [1.165, 1.54) is 17.9 Å². The third kappa shape index (κ3) is 7.70. The molecule has 0 aliphatic rings. The number of hydrogen-bond acceptors (Lipinski definition) is 8. The highest BCUT2D eigenvalue weighted by atomic mass is 32.1. The second-order valence-corrected chi connectivity index (χ2v) is 8.45. The third-order valence-electron chi connectivity index (χ3n) is 4.47. The molecule has 0 fully saturated rings. The highest BCUT2D eigenvalue weighted by Crippen LogP contribution is 2.23. The average Bonchev–Trinajstić information content (AvgIpc) is 3.46. The monoisotopic (exact) mass is 515 g/mol. The van der Waals surface area contributed by atoms with Crippen LogP contribution in [-0.4, -0.2) is 56.3 Å². The van der Waals surface area contributed by atoms with Gasteiger partial charge in [-0.2, -0.15) is 8.78 Å². The van der Waals surface area contributed by atoms with Gasteiger partial charge in [0.05, 0.1) is 12.7 Å². The van der Waals surface area contributed by atoms with Crippen LogP contribution in [0.15, 0.2) is 24.4 Å². The number of rotatable bonds is 11. The Morgan fingerprint density at radius 3 is 2.71 bits per heavy atom. The van der Waals surface area contributed by atoms with E-state index in [1.807, 2.05) is 0 Å². The lowest BCUT2D eigenvalue weighted by molar-refractivity contribution is -0.159. The number of amides is 2. The van der Waals surface area contributed by atoms with E-state index in [0.717, 1.165) is 29.5 Å². The summed E-state index contributed by atoms with van der Waals surface area (Å²) in [6, 6.07) is 3.07. The van der Waals surface area contributed by atoms with Gasteiger partial charge in [-0.3, -0.25) is 9.59 Å². The topological polar surface area (TPSA) is 124 Å². The second-order valence-electron chi connectivity index (χ2n) is 7.39. The maximum atomic E-state index is 14.3. The van der Waals surface area contributed by atoms with Crippen LogP contribution in [0.2, 0.25) is 0 Å². The Bertz CT molecular complexity index is 1180. The summed E-state index contributed by atoms with van der Waals surface area (Å²) >= 11 is 0.944. The number of alkyl halides is 3. The van der Waals surface area contributed by atoms with Crippen molar-refractivity contribution in [1.29, 1.82) is 0 Å². The molecule has 0 spiro atoms. The van der Waals surface area contributed by atoms with Gasteiger partial charge in [0.15, 0.2) is 5.69 Å². The van der Waals surface area contributed by atoms with Gasteiger partial charge in [-0.1, -0.05) is 16.6 Å². The highest BCUT2D eigenvalue weighted by molar-refractivity contribution is 7.13. The van der Waals surface area contributed by atoms with E-state index in [-0.39, 0.29) is 47.9 Å². The van der Waals surface area contributed by atoms with E-state index >= 15 is 0 Å². The summed E-state index contributed by atoms with van der Waals surface area (Å²) < 4.78 is 59.9. The fraction of sp³-hybridized carbons (Fsp3) is 0.400. The normalized spacial score (nSPS) is 12.3. The molecule has 0 saturated carbocycles. The van der Waals surface area contributed by atoms with Crippen molar-refractivity contribution in [3.8, 4) is 5.75 Å². The molecule has 3 aromatic rings. The van der Waals surface area contributed by atoms with Crippen LogP contribution in [0.25, 0.3) is 0 Å². The quantitative estimate of drug-likeness (QED) is 0.376. The van der Waals surface area contributed by atoms with Crippen LogP contribution in [0.1, 0.15) is 44.2 Å². The summed E-state index contributed by atoms with van der Waals surface area (Å²) in [6.45, 7) is 0.136. The molecule has 2 amide bonds.